The van der Waals surface area contributed by atoms with Crippen molar-refractivity contribution >= 4 is 70.1 Å². The van der Waals surface area contributed by atoms with Crippen molar-refractivity contribution in [3.8, 4) is 0 Å². The Morgan fingerprint density at radius 3 is 2.22 bits per heavy atom. The summed E-state index contributed by atoms with van der Waals surface area (Å²) in [5.41, 5.74) is 1.05. The molecule has 0 spiro atoms. The summed E-state index contributed by atoms with van der Waals surface area (Å²) in [7, 11) is 0. The van der Waals surface area contributed by atoms with Crippen LogP contribution in [0, 0.1) is 5.82 Å². The minimum atomic E-state index is -0.692. The smallest absolute Gasteiger partial charge is 0.272 e. The Morgan fingerprint density at radius 2 is 1.51 bits per heavy atom. The van der Waals surface area contributed by atoms with Gasteiger partial charge in [-0.2, -0.15) is 0 Å². The highest BCUT2D eigenvalue weighted by Crippen LogP contribution is 2.28. The summed E-state index contributed by atoms with van der Waals surface area (Å²) in [6.45, 7) is 1.76. The molecule has 0 aliphatic carbocycles. The molecule has 10 heteroatoms. The standard InChI is InChI=1S/C31H24Cl2FN3O3S/c1-19(29(38)35-22-11-5-10-21(32)16-22)41-24-13-6-12-23(17-24)36-31(40)28(18-25-26(33)14-7-15-27(25)34)37-30(39)20-8-3-2-4-9-20/h2-19H,1H3,(H,35,38)(H,36,40)(H,37,39)/b28-18+. The molecule has 0 bridgehead atoms. The van der Waals surface area contributed by atoms with Crippen LogP contribution in [-0.4, -0.2) is 23.0 Å². The van der Waals surface area contributed by atoms with Gasteiger partial charge in [0.25, 0.3) is 11.8 Å². The number of carbonyl (C=O) groups excluding carboxylic acids is 3. The predicted molar refractivity (Wildman–Crippen MR) is 164 cm³/mol. The third-order valence-electron chi connectivity index (χ3n) is 5.68. The number of carbonyl (C=O) groups is 3. The molecule has 1 atom stereocenters. The van der Waals surface area contributed by atoms with Crippen LogP contribution < -0.4 is 16.0 Å². The second kappa shape index (κ2) is 14.0. The summed E-state index contributed by atoms with van der Waals surface area (Å²) in [5.74, 6) is -2.12. The van der Waals surface area contributed by atoms with Gasteiger partial charge in [0, 0.05) is 32.4 Å². The third kappa shape index (κ3) is 8.44. The Bertz CT molecular complexity index is 1600. The van der Waals surface area contributed by atoms with E-state index in [0.717, 1.165) is 0 Å². The summed E-state index contributed by atoms with van der Waals surface area (Å²) < 4.78 is 14.5. The Hall–Kier alpha value is -4.11. The molecule has 0 saturated carbocycles. The second-order valence-electron chi connectivity index (χ2n) is 8.76. The molecule has 41 heavy (non-hydrogen) atoms. The molecular formula is C31H24Cl2FN3O3S. The van der Waals surface area contributed by atoms with Crippen LogP contribution in [0.4, 0.5) is 15.8 Å². The highest BCUT2D eigenvalue weighted by atomic mass is 35.5. The van der Waals surface area contributed by atoms with Gasteiger partial charge in [-0.1, -0.05) is 59.6 Å². The quantitative estimate of drug-likeness (QED) is 0.135. The first-order valence-corrected chi connectivity index (χ1v) is 14.0. The van der Waals surface area contributed by atoms with Gasteiger partial charge in [0.2, 0.25) is 5.91 Å². The zero-order valence-corrected chi connectivity index (χ0v) is 24.0. The van der Waals surface area contributed by atoms with E-state index in [1.54, 1.807) is 85.8 Å². The average molecular weight is 609 g/mol. The predicted octanol–water partition coefficient (Wildman–Crippen LogP) is 7.66. The maximum atomic E-state index is 14.5. The zero-order chi connectivity index (χ0) is 29.4. The number of rotatable bonds is 9. The lowest BCUT2D eigenvalue weighted by Gasteiger charge is -2.14. The molecule has 0 radical (unpaired) electrons. The van der Waals surface area contributed by atoms with Gasteiger partial charge in [-0.15, -0.1) is 11.8 Å². The number of benzene rings is 4. The van der Waals surface area contributed by atoms with E-state index in [9.17, 15) is 18.8 Å². The Kier molecular flexibility index (Phi) is 10.2. The van der Waals surface area contributed by atoms with Crippen molar-refractivity contribution in [2.24, 2.45) is 0 Å². The normalized spacial score (nSPS) is 11.9. The maximum absolute atomic E-state index is 14.5. The van der Waals surface area contributed by atoms with Gasteiger partial charge < -0.3 is 16.0 Å². The Labute approximate surface area is 250 Å². The first kappa shape index (κ1) is 29.9. The lowest BCUT2D eigenvalue weighted by molar-refractivity contribution is -0.115. The summed E-state index contributed by atoms with van der Waals surface area (Å²) in [6.07, 6.45) is 1.19. The Morgan fingerprint density at radius 1 is 0.829 bits per heavy atom. The number of amides is 3. The van der Waals surface area contributed by atoms with Crippen LogP contribution >= 0.6 is 35.0 Å². The summed E-state index contributed by atoms with van der Waals surface area (Å²) in [5, 5.41) is 8.24. The molecule has 0 heterocycles. The molecular weight excluding hydrogens is 584 g/mol. The minimum Gasteiger partial charge on any atom is -0.325 e. The van der Waals surface area contributed by atoms with Crippen molar-refractivity contribution in [1.82, 2.24) is 5.32 Å². The van der Waals surface area contributed by atoms with Crippen LogP contribution in [-0.2, 0) is 9.59 Å². The van der Waals surface area contributed by atoms with Crippen molar-refractivity contribution in [3.05, 3.63) is 130 Å². The highest BCUT2D eigenvalue weighted by Gasteiger charge is 2.18. The Balaban J connectivity index is 1.51. The van der Waals surface area contributed by atoms with Crippen molar-refractivity contribution < 1.29 is 18.8 Å². The van der Waals surface area contributed by atoms with E-state index in [2.05, 4.69) is 16.0 Å². The van der Waals surface area contributed by atoms with E-state index < -0.39 is 22.9 Å². The number of nitrogens with one attached hydrogen (secondary N) is 3. The molecule has 6 nitrogen and oxygen atoms in total. The minimum absolute atomic E-state index is 0.0449. The lowest BCUT2D eigenvalue weighted by atomic mass is 10.1. The van der Waals surface area contributed by atoms with Crippen molar-refractivity contribution in [1.29, 1.82) is 0 Å². The topological polar surface area (TPSA) is 87.3 Å². The largest absolute Gasteiger partial charge is 0.325 e. The molecule has 3 amide bonds. The fraction of sp³-hybridized carbons (Fsp3) is 0.0645. The molecule has 4 aromatic rings. The van der Waals surface area contributed by atoms with Crippen molar-refractivity contribution in [2.45, 2.75) is 17.1 Å². The average Bonchev–Trinajstić information content (AvgIpc) is 2.95. The highest BCUT2D eigenvalue weighted by molar-refractivity contribution is 8.00. The molecule has 0 fully saturated rings. The fourth-order valence-electron chi connectivity index (χ4n) is 3.65. The van der Waals surface area contributed by atoms with Crippen molar-refractivity contribution in [2.75, 3.05) is 10.6 Å². The van der Waals surface area contributed by atoms with E-state index in [4.69, 9.17) is 23.2 Å². The van der Waals surface area contributed by atoms with Gasteiger partial charge in [0.1, 0.15) is 11.5 Å². The molecule has 0 aromatic heterocycles. The van der Waals surface area contributed by atoms with Gasteiger partial charge in [0.05, 0.1) is 10.3 Å². The monoisotopic (exact) mass is 607 g/mol. The maximum Gasteiger partial charge on any atom is 0.272 e. The third-order valence-corrected chi connectivity index (χ3v) is 7.34. The molecule has 0 aliphatic heterocycles. The molecule has 3 N–H and O–H groups in total. The van der Waals surface area contributed by atoms with Gasteiger partial charge in [-0.05, 0) is 73.7 Å². The number of hydrogen-bond donors (Lipinski definition) is 3. The molecule has 0 saturated heterocycles. The van der Waals surface area contributed by atoms with Crippen LogP contribution in [0.15, 0.2) is 108 Å². The molecule has 0 aliphatic rings. The van der Waals surface area contributed by atoms with Crippen LogP contribution in [0.1, 0.15) is 22.8 Å². The van der Waals surface area contributed by atoms with Gasteiger partial charge >= 0.3 is 0 Å². The zero-order valence-electron chi connectivity index (χ0n) is 21.7. The van der Waals surface area contributed by atoms with Crippen LogP contribution in [0.5, 0.6) is 0 Å². The number of anilines is 2. The second-order valence-corrected chi connectivity index (χ2v) is 11.0. The van der Waals surface area contributed by atoms with Crippen LogP contribution in [0.3, 0.4) is 0 Å². The first-order chi connectivity index (χ1) is 19.7. The lowest BCUT2D eigenvalue weighted by Crippen LogP contribution is -2.30. The van der Waals surface area contributed by atoms with Crippen LogP contribution in [0.25, 0.3) is 6.08 Å². The van der Waals surface area contributed by atoms with E-state index in [1.165, 1.54) is 36.0 Å². The fourth-order valence-corrected chi connectivity index (χ4v) is 4.98. The molecule has 4 aromatic carbocycles. The van der Waals surface area contributed by atoms with Crippen LogP contribution in [0.2, 0.25) is 10.0 Å². The molecule has 1 unspecified atom stereocenters. The molecule has 208 valence electrons. The number of thioether (sulfide) groups is 1. The van der Waals surface area contributed by atoms with E-state index in [1.807, 2.05) is 0 Å². The van der Waals surface area contributed by atoms with E-state index >= 15 is 0 Å². The summed E-state index contributed by atoms with van der Waals surface area (Å²) in [4.78, 5) is 39.6. The first-order valence-electron chi connectivity index (χ1n) is 12.4. The van der Waals surface area contributed by atoms with Gasteiger partial charge in [-0.25, -0.2) is 4.39 Å². The summed E-state index contributed by atoms with van der Waals surface area (Å²) >= 11 is 13.5. The number of hydrogen-bond acceptors (Lipinski definition) is 4. The molecule has 4 rings (SSSR count). The van der Waals surface area contributed by atoms with Gasteiger partial charge in [0.15, 0.2) is 0 Å². The number of halogens is 3. The van der Waals surface area contributed by atoms with E-state index in [0.29, 0.717) is 26.9 Å². The SMILES string of the molecule is CC(Sc1cccc(NC(=O)/C(=C\c2c(F)cccc2Cl)NC(=O)c2ccccc2)c1)C(=O)Nc1cccc(Cl)c1. The van der Waals surface area contributed by atoms with Gasteiger partial charge in [-0.3, -0.25) is 14.4 Å². The summed E-state index contributed by atoms with van der Waals surface area (Å²) in [6, 6.07) is 26.2. The van der Waals surface area contributed by atoms with Crippen molar-refractivity contribution in [3.63, 3.8) is 0 Å². The van der Waals surface area contributed by atoms with E-state index in [-0.39, 0.29) is 22.2 Å².